The number of likely N-dealkylation sites (tertiary alicyclic amines) is 1. The molecule has 0 radical (unpaired) electrons. The molecule has 1 N–H and O–H groups in total. The second-order valence-electron chi connectivity index (χ2n) is 6.07. The highest BCUT2D eigenvalue weighted by Crippen LogP contribution is 2.20. The first kappa shape index (κ1) is 16.4. The first-order chi connectivity index (χ1) is 11.1. The first-order valence-corrected chi connectivity index (χ1v) is 8.76. The molecule has 23 heavy (non-hydrogen) atoms. The molecule has 0 unspecified atom stereocenters. The zero-order chi connectivity index (χ0) is 16.2. The molecule has 124 valence electrons. The van der Waals surface area contributed by atoms with Crippen LogP contribution in [0.4, 0.5) is 5.95 Å². The molecule has 1 aliphatic rings. The van der Waals surface area contributed by atoms with Crippen LogP contribution in [0, 0.1) is 19.8 Å². The topological polar surface area (TPSA) is 67.1 Å². The highest BCUT2D eigenvalue weighted by molar-refractivity contribution is 9.10. The highest BCUT2D eigenvalue weighted by Gasteiger charge is 2.21. The monoisotopic (exact) mass is 379 g/mol. The van der Waals surface area contributed by atoms with Gasteiger partial charge in [-0.1, -0.05) is 0 Å². The predicted molar refractivity (Wildman–Crippen MR) is 92.2 cm³/mol. The summed E-state index contributed by atoms with van der Waals surface area (Å²) >= 11 is 3.34. The van der Waals surface area contributed by atoms with E-state index in [1.54, 1.807) is 12.4 Å². The number of halogens is 1. The van der Waals surface area contributed by atoms with Crippen LogP contribution in [0.25, 0.3) is 0 Å². The molecule has 0 saturated carbocycles. The smallest absolute Gasteiger partial charge is 0.222 e. The summed E-state index contributed by atoms with van der Waals surface area (Å²) in [7, 11) is 0. The number of oxazole rings is 1. The normalized spacial score (nSPS) is 16.7. The van der Waals surface area contributed by atoms with Gasteiger partial charge in [-0.2, -0.15) is 0 Å². The Kier molecular flexibility index (Phi) is 5.27. The van der Waals surface area contributed by atoms with Gasteiger partial charge in [0.25, 0.3) is 0 Å². The van der Waals surface area contributed by atoms with E-state index in [1.807, 2.05) is 13.8 Å². The number of hydrogen-bond donors (Lipinski definition) is 1. The van der Waals surface area contributed by atoms with E-state index in [4.69, 9.17) is 4.42 Å². The van der Waals surface area contributed by atoms with E-state index in [2.05, 4.69) is 41.1 Å². The summed E-state index contributed by atoms with van der Waals surface area (Å²) in [6.45, 7) is 7.84. The Balaban J connectivity index is 1.42. The summed E-state index contributed by atoms with van der Waals surface area (Å²) in [6.07, 6.45) is 5.86. The second kappa shape index (κ2) is 7.40. The number of piperidine rings is 1. The van der Waals surface area contributed by atoms with Crippen LogP contribution < -0.4 is 5.32 Å². The van der Waals surface area contributed by atoms with Gasteiger partial charge >= 0.3 is 0 Å². The maximum atomic E-state index is 5.67. The van der Waals surface area contributed by atoms with E-state index in [1.165, 1.54) is 12.8 Å². The van der Waals surface area contributed by atoms with Gasteiger partial charge in [0.2, 0.25) is 11.8 Å². The minimum Gasteiger partial charge on any atom is -0.444 e. The van der Waals surface area contributed by atoms with Crippen LogP contribution >= 0.6 is 15.9 Å². The van der Waals surface area contributed by atoms with Crippen LogP contribution in [0.3, 0.4) is 0 Å². The lowest BCUT2D eigenvalue weighted by Crippen LogP contribution is -2.35. The predicted octanol–water partition coefficient (Wildman–Crippen LogP) is 3.17. The van der Waals surface area contributed by atoms with Crippen molar-refractivity contribution in [2.45, 2.75) is 33.2 Å². The summed E-state index contributed by atoms with van der Waals surface area (Å²) in [6, 6.07) is 0. The molecule has 7 heteroatoms. The van der Waals surface area contributed by atoms with E-state index >= 15 is 0 Å². The molecule has 6 nitrogen and oxygen atoms in total. The van der Waals surface area contributed by atoms with Gasteiger partial charge in [0.15, 0.2) is 0 Å². The molecule has 2 aromatic heterocycles. The Morgan fingerprint density at radius 3 is 2.57 bits per heavy atom. The Hall–Kier alpha value is -1.47. The summed E-state index contributed by atoms with van der Waals surface area (Å²) < 4.78 is 6.57. The molecular formula is C16H22BrN5O. The van der Waals surface area contributed by atoms with E-state index in [0.717, 1.165) is 48.0 Å². The summed E-state index contributed by atoms with van der Waals surface area (Å²) in [5, 5.41) is 3.32. The van der Waals surface area contributed by atoms with Crippen molar-refractivity contribution in [1.29, 1.82) is 0 Å². The minimum atomic E-state index is 0.659. The van der Waals surface area contributed by atoms with Gasteiger partial charge in [0, 0.05) is 18.9 Å². The fourth-order valence-corrected chi connectivity index (χ4v) is 2.99. The standard InChI is InChI=1S/C16H22BrN5O/c1-11-12(2)23-15(21-11)10-22-5-3-13(4-6-22)7-18-16-19-8-14(17)9-20-16/h8-9,13H,3-7,10H2,1-2H3,(H,18,19,20). The molecular weight excluding hydrogens is 358 g/mol. The molecule has 0 atom stereocenters. The summed E-state index contributed by atoms with van der Waals surface area (Å²) in [5.41, 5.74) is 0.994. The summed E-state index contributed by atoms with van der Waals surface area (Å²) in [5.74, 6) is 3.11. The zero-order valence-corrected chi connectivity index (χ0v) is 15.1. The van der Waals surface area contributed by atoms with Crippen molar-refractivity contribution in [2.75, 3.05) is 25.0 Å². The number of nitrogens with zero attached hydrogens (tertiary/aromatic N) is 4. The van der Waals surface area contributed by atoms with E-state index in [-0.39, 0.29) is 0 Å². The molecule has 1 aliphatic heterocycles. The Morgan fingerprint density at radius 1 is 1.26 bits per heavy atom. The molecule has 0 aromatic carbocycles. The maximum Gasteiger partial charge on any atom is 0.222 e. The zero-order valence-electron chi connectivity index (χ0n) is 13.5. The molecule has 0 amide bonds. The fourth-order valence-electron chi connectivity index (χ4n) is 2.79. The SMILES string of the molecule is Cc1nc(CN2CCC(CNc3ncc(Br)cn3)CC2)oc1C. The third kappa shape index (κ3) is 4.51. The second-order valence-corrected chi connectivity index (χ2v) is 6.99. The van der Waals surface area contributed by atoms with Gasteiger partial charge in [0.05, 0.1) is 16.7 Å². The number of aryl methyl sites for hydroxylation is 2. The van der Waals surface area contributed by atoms with Gasteiger partial charge in [-0.05, 0) is 61.6 Å². The lowest BCUT2D eigenvalue weighted by Gasteiger charge is -2.31. The maximum absolute atomic E-state index is 5.67. The van der Waals surface area contributed by atoms with E-state index < -0.39 is 0 Å². The van der Waals surface area contributed by atoms with Crippen molar-refractivity contribution >= 4 is 21.9 Å². The van der Waals surface area contributed by atoms with Crippen molar-refractivity contribution in [3.63, 3.8) is 0 Å². The lowest BCUT2D eigenvalue weighted by atomic mass is 9.97. The largest absolute Gasteiger partial charge is 0.444 e. The molecule has 2 aromatic rings. The molecule has 0 aliphatic carbocycles. The molecule has 1 saturated heterocycles. The van der Waals surface area contributed by atoms with Gasteiger partial charge in [-0.15, -0.1) is 0 Å². The van der Waals surface area contributed by atoms with Crippen molar-refractivity contribution in [1.82, 2.24) is 19.9 Å². The number of rotatable bonds is 5. The van der Waals surface area contributed by atoms with Gasteiger partial charge in [-0.3, -0.25) is 4.90 Å². The van der Waals surface area contributed by atoms with E-state index in [0.29, 0.717) is 11.9 Å². The first-order valence-electron chi connectivity index (χ1n) is 7.97. The van der Waals surface area contributed by atoms with Crippen LogP contribution in [0.15, 0.2) is 21.3 Å². The van der Waals surface area contributed by atoms with Gasteiger partial charge in [-0.25, -0.2) is 15.0 Å². The van der Waals surface area contributed by atoms with Gasteiger partial charge < -0.3 is 9.73 Å². The van der Waals surface area contributed by atoms with Crippen LogP contribution in [-0.4, -0.2) is 39.5 Å². The Bertz CT molecular complexity index is 615. The van der Waals surface area contributed by atoms with Crippen LogP contribution in [0.2, 0.25) is 0 Å². The third-order valence-electron chi connectivity index (χ3n) is 4.31. The van der Waals surface area contributed by atoms with Gasteiger partial charge in [0.1, 0.15) is 5.76 Å². The number of anilines is 1. The Morgan fingerprint density at radius 2 is 1.96 bits per heavy atom. The Labute approximate surface area is 144 Å². The highest BCUT2D eigenvalue weighted by atomic mass is 79.9. The van der Waals surface area contributed by atoms with Crippen LogP contribution in [-0.2, 0) is 6.54 Å². The number of hydrogen-bond acceptors (Lipinski definition) is 6. The molecule has 0 bridgehead atoms. The third-order valence-corrected chi connectivity index (χ3v) is 4.72. The number of nitrogens with one attached hydrogen (secondary N) is 1. The van der Waals surface area contributed by atoms with Crippen molar-refractivity contribution in [2.24, 2.45) is 5.92 Å². The summed E-state index contributed by atoms with van der Waals surface area (Å²) in [4.78, 5) is 15.4. The lowest BCUT2D eigenvalue weighted by molar-refractivity contribution is 0.167. The molecule has 3 rings (SSSR count). The average Bonchev–Trinajstić information content (AvgIpc) is 2.86. The molecule has 0 spiro atoms. The quantitative estimate of drug-likeness (QED) is 0.860. The number of aromatic nitrogens is 3. The van der Waals surface area contributed by atoms with Crippen LogP contribution in [0.1, 0.15) is 30.2 Å². The fraction of sp³-hybridized carbons (Fsp3) is 0.562. The molecule has 3 heterocycles. The van der Waals surface area contributed by atoms with Crippen molar-refractivity contribution in [3.05, 3.63) is 34.2 Å². The average molecular weight is 380 g/mol. The van der Waals surface area contributed by atoms with Crippen molar-refractivity contribution in [3.8, 4) is 0 Å². The molecule has 1 fully saturated rings. The minimum absolute atomic E-state index is 0.659. The van der Waals surface area contributed by atoms with E-state index in [9.17, 15) is 0 Å². The van der Waals surface area contributed by atoms with Crippen LogP contribution in [0.5, 0.6) is 0 Å². The van der Waals surface area contributed by atoms with Crippen molar-refractivity contribution < 1.29 is 4.42 Å².